The van der Waals surface area contributed by atoms with Crippen LogP contribution in [0.2, 0.25) is 0 Å². The lowest BCUT2D eigenvalue weighted by Gasteiger charge is -2.10. The Morgan fingerprint density at radius 1 is 1.10 bits per heavy atom. The average Bonchev–Trinajstić information content (AvgIpc) is 3.08. The molecule has 29 heavy (non-hydrogen) atoms. The van der Waals surface area contributed by atoms with Crippen LogP contribution in [0.3, 0.4) is 0 Å². The minimum atomic E-state index is -3.48. The molecule has 0 saturated carbocycles. The number of nitrogens with one attached hydrogen (secondary N) is 1. The van der Waals surface area contributed by atoms with Crippen molar-refractivity contribution in [1.29, 1.82) is 0 Å². The molecule has 0 radical (unpaired) electrons. The van der Waals surface area contributed by atoms with Gasteiger partial charge in [-0.05, 0) is 36.4 Å². The van der Waals surface area contributed by atoms with Crippen LogP contribution in [-0.4, -0.2) is 41.0 Å². The summed E-state index contributed by atoms with van der Waals surface area (Å²) in [6.45, 7) is -0.148. The minimum Gasteiger partial charge on any atom is -0.293 e. The quantitative estimate of drug-likeness (QED) is 0.429. The van der Waals surface area contributed by atoms with Crippen LogP contribution in [0.4, 0.5) is 8.78 Å². The van der Waals surface area contributed by atoms with Gasteiger partial charge in [0.25, 0.3) is 0 Å². The van der Waals surface area contributed by atoms with Gasteiger partial charge in [-0.2, -0.15) is 0 Å². The molecule has 0 atom stereocenters. The van der Waals surface area contributed by atoms with Crippen molar-refractivity contribution in [2.75, 3.05) is 12.0 Å². The summed E-state index contributed by atoms with van der Waals surface area (Å²) < 4.78 is 53.7. The number of benzene rings is 2. The first-order valence-electron chi connectivity index (χ1n) is 8.30. The Hall–Kier alpha value is -2.63. The maximum Gasteiger partial charge on any atom is 0.209 e. The van der Waals surface area contributed by atoms with Gasteiger partial charge in [-0.1, -0.05) is 23.9 Å². The van der Waals surface area contributed by atoms with Gasteiger partial charge in [0.05, 0.1) is 24.1 Å². The van der Waals surface area contributed by atoms with E-state index in [4.69, 9.17) is 0 Å². The van der Waals surface area contributed by atoms with Crippen LogP contribution in [0.15, 0.2) is 53.7 Å². The average molecular weight is 438 g/mol. The van der Waals surface area contributed by atoms with E-state index in [1.807, 2.05) is 0 Å². The fourth-order valence-electron chi connectivity index (χ4n) is 2.45. The number of rotatable bonds is 8. The standard InChI is InChI=1S/C18H16F2N4O3S2/c1-29(26,27)21-10-17-22-23-18(24(17)13-8-6-12(19)7-9-13)28-11-16(25)14-4-2-3-5-15(14)20/h2-9,21H,10-11H2,1H3. The molecule has 1 aromatic heterocycles. The van der Waals surface area contributed by atoms with Crippen molar-refractivity contribution >= 4 is 27.6 Å². The molecule has 0 spiro atoms. The zero-order valence-corrected chi connectivity index (χ0v) is 16.8. The van der Waals surface area contributed by atoms with Crippen LogP contribution >= 0.6 is 11.8 Å². The second kappa shape index (κ2) is 8.80. The molecule has 0 aliphatic rings. The predicted molar refractivity (Wildman–Crippen MR) is 104 cm³/mol. The number of nitrogens with zero attached hydrogens (tertiary/aromatic N) is 3. The third-order valence-corrected chi connectivity index (χ3v) is 5.38. The summed E-state index contributed by atoms with van der Waals surface area (Å²) in [4.78, 5) is 12.3. The monoisotopic (exact) mass is 438 g/mol. The number of carbonyl (C=O) groups is 1. The summed E-state index contributed by atoms with van der Waals surface area (Å²) in [5, 5.41) is 8.26. The Balaban J connectivity index is 1.87. The lowest BCUT2D eigenvalue weighted by Crippen LogP contribution is -2.23. The number of ketones is 1. The molecule has 0 unspecified atom stereocenters. The number of hydrogen-bond donors (Lipinski definition) is 1. The molecule has 1 N–H and O–H groups in total. The van der Waals surface area contributed by atoms with Crippen LogP contribution < -0.4 is 4.72 Å². The maximum atomic E-state index is 13.8. The van der Waals surface area contributed by atoms with Crippen molar-refractivity contribution in [3.05, 3.63) is 71.6 Å². The first-order chi connectivity index (χ1) is 13.7. The van der Waals surface area contributed by atoms with Crippen molar-refractivity contribution in [2.45, 2.75) is 11.7 Å². The summed E-state index contributed by atoms with van der Waals surface area (Å²) in [6.07, 6.45) is 1.01. The highest BCUT2D eigenvalue weighted by atomic mass is 32.2. The maximum absolute atomic E-state index is 13.8. The highest BCUT2D eigenvalue weighted by Crippen LogP contribution is 2.24. The van der Waals surface area contributed by atoms with E-state index in [0.29, 0.717) is 5.69 Å². The summed E-state index contributed by atoms with van der Waals surface area (Å²) in [5.41, 5.74) is 0.453. The fourth-order valence-corrected chi connectivity index (χ4v) is 3.69. The number of Topliss-reactive ketones (excluding diaryl/α,β-unsaturated/α-hetero) is 1. The van der Waals surface area contributed by atoms with Gasteiger partial charge in [-0.3, -0.25) is 9.36 Å². The van der Waals surface area contributed by atoms with E-state index in [1.54, 1.807) is 6.07 Å². The normalized spacial score (nSPS) is 11.6. The fraction of sp³-hybridized carbons (Fsp3) is 0.167. The first kappa shape index (κ1) is 21.1. The first-order valence-corrected chi connectivity index (χ1v) is 11.2. The van der Waals surface area contributed by atoms with Gasteiger partial charge < -0.3 is 0 Å². The van der Waals surface area contributed by atoms with Gasteiger partial charge in [-0.15, -0.1) is 10.2 Å². The molecule has 3 rings (SSSR count). The van der Waals surface area contributed by atoms with Gasteiger partial charge >= 0.3 is 0 Å². The Bertz CT molecular complexity index is 1130. The van der Waals surface area contributed by atoms with Crippen molar-refractivity contribution in [2.24, 2.45) is 0 Å². The molecule has 0 bridgehead atoms. The number of hydrogen-bond acceptors (Lipinski definition) is 6. The van der Waals surface area contributed by atoms with Gasteiger partial charge in [0.15, 0.2) is 16.8 Å². The highest BCUT2D eigenvalue weighted by Gasteiger charge is 2.18. The van der Waals surface area contributed by atoms with Crippen LogP contribution in [0.5, 0.6) is 0 Å². The van der Waals surface area contributed by atoms with E-state index in [9.17, 15) is 22.0 Å². The Labute approximate surface area is 170 Å². The Kier molecular flexibility index (Phi) is 6.40. The molecule has 2 aromatic carbocycles. The topological polar surface area (TPSA) is 94.0 Å². The number of halogens is 2. The van der Waals surface area contributed by atoms with Crippen molar-refractivity contribution < 1.29 is 22.0 Å². The lowest BCUT2D eigenvalue weighted by molar-refractivity contribution is 0.101. The number of sulfonamides is 1. The van der Waals surface area contributed by atoms with Crippen molar-refractivity contribution in [3.8, 4) is 5.69 Å². The van der Waals surface area contributed by atoms with E-state index in [-0.39, 0.29) is 28.8 Å². The second-order valence-corrected chi connectivity index (χ2v) is 8.77. The van der Waals surface area contributed by atoms with Crippen molar-refractivity contribution in [3.63, 3.8) is 0 Å². The predicted octanol–water partition coefficient (Wildman–Crippen LogP) is 2.57. The Morgan fingerprint density at radius 3 is 2.45 bits per heavy atom. The third kappa shape index (κ3) is 5.46. The van der Waals surface area contributed by atoms with Gasteiger partial charge in [0.1, 0.15) is 11.6 Å². The zero-order chi connectivity index (χ0) is 21.0. The smallest absolute Gasteiger partial charge is 0.209 e. The summed E-state index contributed by atoms with van der Waals surface area (Å²) >= 11 is 1.01. The summed E-state index contributed by atoms with van der Waals surface area (Å²) in [7, 11) is -3.48. The molecule has 0 aliphatic heterocycles. The van der Waals surface area contributed by atoms with E-state index in [0.717, 1.165) is 18.0 Å². The number of carbonyl (C=O) groups excluding carboxylic acids is 1. The van der Waals surface area contributed by atoms with Gasteiger partial charge in [0.2, 0.25) is 10.0 Å². The molecule has 7 nitrogen and oxygen atoms in total. The van der Waals surface area contributed by atoms with Gasteiger partial charge in [0, 0.05) is 5.69 Å². The molecule has 0 amide bonds. The van der Waals surface area contributed by atoms with E-state index < -0.39 is 27.4 Å². The summed E-state index contributed by atoms with van der Waals surface area (Å²) in [6, 6.07) is 11.1. The molecular formula is C18H16F2N4O3S2. The molecule has 152 valence electrons. The van der Waals surface area contributed by atoms with Crippen LogP contribution in [0, 0.1) is 11.6 Å². The second-order valence-electron chi connectivity index (χ2n) is 6.00. The molecule has 0 fully saturated rings. The van der Waals surface area contributed by atoms with Crippen LogP contribution in [-0.2, 0) is 16.6 Å². The summed E-state index contributed by atoms with van der Waals surface area (Å²) in [5.74, 6) is -1.35. The Morgan fingerprint density at radius 2 is 1.79 bits per heavy atom. The molecule has 1 heterocycles. The van der Waals surface area contributed by atoms with E-state index in [1.165, 1.54) is 47.0 Å². The van der Waals surface area contributed by atoms with E-state index in [2.05, 4.69) is 14.9 Å². The lowest BCUT2D eigenvalue weighted by atomic mass is 10.1. The van der Waals surface area contributed by atoms with Crippen molar-refractivity contribution in [1.82, 2.24) is 19.5 Å². The van der Waals surface area contributed by atoms with Crippen LogP contribution in [0.1, 0.15) is 16.2 Å². The van der Waals surface area contributed by atoms with Crippen LogP contribution in [0.25, 0.3) is 5.69 Å². The zero-order valence-electron chi connectivity index (χ0n) is 15.2. The highest BCUT2D eigenvalue weighted by molar-refractivity contribution is 7.99. The van der Waals surface area contributed by atoms with E-state index >= 15 is 0 Å². The minimum absolute atomic E-state index is 0.0354. The number of aromatic nitrogens is 3. The molecule has 11 heteroatoms. The third-order valence-electron chi connectivity index (χ3n) is 3.78. The molecular weight excluding hydrogens is 422 g/mol. The van der Waals surface area contributed by atoms with Gasteiger partial charge in [-0.25, -0.2) is 21.9 Å². The molecule has 0 aliphatic carbocycles. The molecule has 0 saturated heterocycles. The molecule has 3 aromatic rings. The largest absolute Gasteiger partial charge is 0.293 e. The number of thioether (sulfide) groups is 1. The SMILES string of the molecule is CS(=O)(=O)NCc1nnc(SCC(=O)c2ccccc2F)n1-c1ccc(F)cc1.